The third kappa shape index (κ3) is 8.83. The number of ether oxygens (including phenoxy) is 1. The number of ketones is 2. The van der Waals surface area contributed by atoms with E-state index in [0.29, 0.717) is 56.6 Å². The molecule has 2 atom stereocenters. The molecule has 49 heavy (non-hydrogen) atoms. The van der Waals surface area contributed by atoms with Crippen LogP contribution in [0.15, 0.2) is 66.9 Å². The maximum Gasteiger partial charge on any atom is 0.573 e. The number of hydrogen-bond acceptors (Lipinski definition) is 7. The number of likely N-dealkylation sites (tertiary alicyclic amines) is 2. The molecule has 260 valence electrons. The second-order valence-electron chi connectivity index (χ2n) is 13.2. The molecule has 0 spiro atoms. The highest BCUT2D eigenvalue weighted by molar-refractivity contribution is 5.99. The zero-order valence-corrected chi connectivity index (χ0v) is 27.2. The highest BCUT2D eigenvalue weighted by atomic mass is 19.4. The maximum absolute atomic E-state index is 15.1. The predicted molar refractivity (Wildman–Crippen MR) is 175 cm³/mol. The van der Waals surface area contributed by atoms with Crippen LogP contribution in [0.4, 0.5) is 23.2 Å². The summed E-state index contributed by atoms with van der Waals surface area (Å²) in [4.78, 5) is 49.5. The number of Topliss-reactive ketones (excluding diaryl/α,β-unsaturated/α-hetero) is 2. The minimum Gasteiger partial charge on any atom is -0.406 e. The molecule has 3 aliphatic heterocycles. The molecule has 3 aromatic rings. The molecule has 1 unspecified atom stereocenters. The van der Waals surface area contributed by atoms with Crippen LogP contribution in [0.1, 0.15) is 75.3 Å². The van der Waals surface area contributed by atoms with Crippen LogP contribution in [0.5, 0.6) is 5.75 Å². The molecular weight excluding hydrogens is 640 g/mol. The molecule has 8 nitrogen and oxygen atoms in total. The monoisotopic (exact) mass is 680 g/mol. The number of carbonyl (C=O) groups excluding carboxylic acids is 3. The summed E-state index contributed by atoms with van der Waals surface area (Å²) in [6.07, 6.45) is -0.653. The Hall–Kier alpha value is -4.32. The number of amides is 1. The van der Waals surface area contributed by atoms with E-state index < -0.39 is 18.5 Å². The van der Waals surface area contributed by atoms with E-state index in [1.165, 1.54) is 49.4 Å². The largest absolute Gasteiger partial charge is 0.573 e. The van der Waals surface area contributed by atoms with E-state index in [1.807, 2.05) is 29.2 Å². The fourth-order valence-electron chi connectivity index (χ4n) is 7.04. The van der Waals surface area contributed by atoms with Gasteiger partial charge in [-0.2, -0.15) is 0 Å². The summed E-state index contributed by atoms with van der Waals surface area (Å²) < 4.78 is 56.2. The van der Waals surface area contributed by atoms with E-state index in [-0.39, 0.29) is 47.8 Å². The summed E-state index contributed by atoms with van der Waals surface area (Å²) >= 11 is 0. The zero-order chi connectivity index (χ0) is 34.5. The average Bonchev–Trinajstić information content (AvgIpc) is 3.65. The number of aromatic nitrogens is 1. The van der Waals surface area contributed by atoms with Gasteiger partial charge in [0.2, 0.25) is 0 Å². The standard InChI is InChI=1S/C37H40F4N4O4/c38-32-24-43(23-25-3-10-31(11-4-25)49-37(39,40)41)18-13-28(32)21-34(46)29-7-12-33(42-22-29)36(48)45-19-14-27(15-20-45)35(47)26-5-8-30(9-6-26)44-16-1-2-17-44/h3-12,22,27-28,32H,1-2,13-21,23-24H2/t28?,32-/m1/s1. The van der Waals surface area contributed by atoms with E-state index in [0.717, 1.165) is 24.3 Å². The minimum absolute atomic E-state index is 0.00990. The van der Waals surface area contributed by atoms with Gasteiger partial charge in [0, 0.05) is 74.6 Å². The van der Waals surface area contributed by atoms with E-state index in [2.05, 4.69) is 14.6 Å². The Kier molecular flexibility index (Phi) is 10.6. The Morgan fingerprint density at radius 1 is 0.816 bits per heavy atom. The van der Waals surface area contributed by atoms with Crippen LogP contribution in [0.25, 0.3) is 0 Å². The molecule has 0 bridgehead atoms. The number of pyridine rings is 1. The predicted octanol–water partition coefficient (Wildman–Crippen LogP) is 6.75. The first kappa shape index (κ1) is 34.5. The fourth-order valence-corrected chi connectivity index (χ4v) is 7.04. The molecule has 0 aliphatic carbocycles. The number of piperidine rings is 2. The van der Waals surface area contributed by atoms with E-state index in [4.69, 9.17) is 0 Å². The highest BCUT2D eigenvalue weighted by Gasteiger charge is 2.33. The van der Waals surface area contributed by atoms with Gasteiger partial charge in [-0.25, -0.2) is 4.39 Å². The van der Waals surface area contributed by atoms with Crippen LogP contribution in [0, 0.1) is 11.8 Å². The van der Waals surface area contributed by atoms with Gasteiger partial charge >= 0.3 is 6.36 Å². The van der Waals surface area contributed by atoms with Crippen molar-refractivity contribution < 1.29 is 36.7 Å². The van der Waals surface area contributed by atoms with Crippen molar-refractivity contribution in [3.63, 3.8) is 0 Å². The summed E-state index contributed by atoms with van der Waals surface area (Å²) in [6, 6.07) is 16.4. The van der Waals surface area contributed by atoms with Gasteiger partial charge in [0.1, 0.15) is 17.6 Å². The summed E-state index contributed by atoms with van der Waals surface area (Å²) in [7, 11) is 0. The zero-order valence-electron chi connectivity index (χ0n) is 27.2. The number of rotatable bonds is 10. The van der Waals surface area contributed by atoms with E-state index in [9.17, 15) is 27.6 Å². The average molecular weight is 681 g/mol. The van der Waals surface area contributed by atoms with Crippen molar-refractivity contribution in [1.82, 2.24) is 14.8 Å². The molecule has 0 N–H and O–H groups in total. The van der Waals surface area contributed by atoms with Gasteiger partial charge < -0.3 is 14.5 Å². The molecule has 0 radical (unpaired) electrons. The van der Waals surface area contributed by atoms with Crippen molar-refractivity contribution in [2.24, 2.45) is 11.8 Å². The molecule has 3 fully saturated rings. The highest BCUT2D eigenvalue weighted by Crippen LogP contribution is 2.29. The molecule has 0 saturated carbocycles. The van der Waals surface area contributed by atoms with Crippen LogP contribution >= 0.6 is 0 Å². The lowest BCUT2D eigenvalue weighted by Gasteiger charge is -2.34. The summed E-state index contributed by atoms with van der Waals surface area (Å²) in [5.41, 5.74) is 3.11. The number of hydrogen-bond donors (Lipinski definition) is 0. The third-order valence-electron chi connectivity index (χ3n) is 9.85. The van der Waals surface area contributed by atoms with Crippen LogP contribution in [0.2, 0.25) is 0 Å². The number of benzene rings is 2. The molecular formula is C37H40F4N4O4. The molecule has 1 aromatic heterocycles. The number of carbonyl (C=O) groups is 3. The molecule has 4 heterocycles. The number of alkyl halides is 4. The Balaban J connectivity index is 0.942. The topological polar surface area (TPSA) is 83.0 Å². The van der Waals surface area contributed by atoms with Gasteiger partial charge in [0.15, 0.2) is 11.6 Å². The molecule has 6 rings (SSSR count). The van der Waals surface area contributed by atoms with Gasteiger partial charge in [-0.3, -0.25) is 24.3 Å². The van der Waals surface area contributed by atoms with Crippen molar-refractivity contribution in [2.45, 2.75) is 57.6 Å². The number of anilines is 1. The second kappa shape index (κ2) is 15.1. The molecule has 2 aromatic carbocycles. The van der Waals surface area contributed by atoms with Crippen LogP contribution in [-0.2, 0) is 6.54 Å². The normalized spacial score (nSPS) is 20.7. The fraction of sp³-hybridized carbons (Fsp3) is 0.459. The van der Waals surface area contributed by atoms with Gasteiger partial charge in [0.25, 0.3) is 5.91 Å². The third-order valence-corrected chi connectivity index (χ3v) is 9.85. The van der Waals surface area contributed by atoms with Crippen LogP contribution in [-0.4, -0.2) is 84.1 Å². The molecule has 1 amide bonds. The van der Waals surface area contributed by atoms with Gasteiger partial charge in [-0.1, -0.05) is 12.1 Å². The second-order valence-corrected chi connectivity index (χ2v) is 13.2. The van der Waals surface area contributed by atoms with Crippen LogP contribution < -0.4 is 9.64 Å². The first-order valence-electron chi connectivity index (χ1n) is 16.9. The summed E-state index contributed by atoms with van der Waals surface area (Å²) in [6.45, 7) is 4.00. The van der Waals surface area contributed by atoms with E-state index >= 15 is 4.39 Å². The van der Waals surface area contributed by atoms with Crippen molar-refractivity contribution in [3.05, 3.63) is 89.2 Å². The first-order valence-corrected chi connectivity index (χ1v) is 16.9. The van der Waals surface area contributed by atoms with Crippen molar-refractivity contribution in [3.8, 4) is 5.75 Å². The van der Waals surface area contributed by atoms with Crippen molar-refractivity contribution in [1.29, 1.82) is 0 Å². The van der Waals surface area contributed by atoms with Gasteiger partial charge in [0.05, 0.1) is 0 Å². The maximum atomic E-state index is 15.1. The minimum atomic E-state index is -4.76. The molecule has 3 aliphatic rings. The summed E-state index contributed by atoms with van der Waals surface area (Å²) in [5.74, 6) is -1.32. The van der Waals surface area contributed by atoms with Crippen LogP contribution in [0.3, 0.4) is 0 Å². The Morgan fingerprint density at radius 2 is 1.49 bits per heavy atom. The van der Waals surface area contributed by atoms with Crippen molar-refractivity contribution >= 4 is 23.2 Å². The lowest BCUT2D eigenvalue weighted by Crippen LogP contribution is -2.42. The molecule has 3 saturated heterocycles. The van der Waals surface area contributed by atoms with Gasteiger partial charge in [-0.05, 0) is 98.7 Å². The number of halogens is 4. The lowest BCUT2D eigenvalue weighted by atomic mass is 9.88. The SMILES string of the molecule is O=C(CC1CCN(Cc2ccc(OC(F)(F)F)cc2)C[C@H]1F)c1ccc(C(=O)N2CCC(C(=O)c3ccc(N4CCCC4)cc3)CC2)nc1. The number of nitrogens with zero attached hydrogens (tertiary/aromatic N) is 4. The lowest BCUT2D eigenvalue weighted by molar-refractivity contribution is -0.274. The van der Waals surface area contributed by atoms with E-state index in [1.54, 1.807) is 11.0 Å². The Labute approximate surface area is 283 Å². The van der Waals surface area contributed by atoms with Gasteiger partial charge in [-0.15, -0.1) is 13.2 Å². The summed E-state index contributed by atoms with van der Waals surface area (Å²) in [5, 5.41) is 0. The smallest absolute Gasteiger partial charge is 0.406 e. The quantitative estimate of drug-likeness (QED) is 0.173. The Morgan fingerprint density at radius 3 is 2.10 bits per heavy atom. The first-order chi connectivity index (χ1) is 23.5. The molecule has 12 heteroatoms. The Bertz CT molecular complexity index is 1600. The van der Waals surface area contributed by atoms with Crippen molar-refractivity contribution in [2.75, 3.05) is 44.2 Å².